The average molecular weight is 276 g/mol. The third kappa shape index (κ3) is 2.79. The highest BCUT2D eigenvalue weighted by atomic mass is 16.1. The first-order valence-electron chi connectivity index (χ1n) is 7.74. The summed E-state index contributed by atoms with van der Waals surface area (Å²) >= 11 is 0. The van der Waals surface area contributed by atoms with Crippen molar-refractivity contribution in [3.63, 3.8) is 0 Å². The molecular weight excluding hydrogens is 252 g/mol. The van der Waals surface area contributed by atoms with Gasteiger partial charge in [-0.05, 0) is 45.8 Å². The minimum absolute atomic E-state index is 0.176. The first-order valence-corrected chi connectivity index (χ1v) is 7.74. The molecule has 1 aromatic rings. The van der Waals surface area contributed by atoms with Crippen molar-refractivity contribution in [3.8, 4) is 0 Å². The number of hydrogen-bond acceptors (Lipinski definition) is 4. The van der Waals surface area contributed by atoms with Crippen molar-refractivity contribution in [1.82, 2.24) is 19.8 Å². The normalized spacial score (nSPS) is 23.6. The zero-order valence-corrected chi connectivity index (χ0v) is 12.3. The molecule has 110 valence electrons. The van der Waals surface area contributed by atoms with Crippen LogP contribution >= 0.6 is 0 Å². The Hall–Kier alpha value is -1.20. The third-order valence-electron chi connectivity index (χ3n) is 4.69. The summed E-state index contributed by atoms with van der Waals surface area (Å²) in [5.41, 5.74) is 2.03. The van der Waals surface area contributed by atoms with Crippen molar-refractivity contribution >= 4 is 0 Å². The second kappa shape index (κ2) is 6.06. The van der Waals surface area contributed by atoms with Gasteiger partial charge in [0.1, 0.15) is 0 Å². The molecule has 0 amide bonds. The van der Waals surface area contributed by atoms with Crippen molar-refractivity contribution in [1.29, 1.82) is 0 Å². The Morgan fingerprint density at radius 2 is 2.35 bits per heavy atom. The largest absolute Gasteiger partial charge is 0.311 e. The molecule has 0 aliphatic carbocycles. The van der Waals surface area contributed by atoms with Gasteiger partial charge in [0, 0.05) is 24.7 Å². The van der Waals surface area contributed by atoms with Gasteiger partial charge in [-0.15, -0.1) is 0 Å². The summed E-state index contributed by atoms with van der Waals surface area (Å²) in [4.78, 5) is 19.3. The van der Waals surface area contributed by atoms with E-state index in [4.69, 9.17) is 0 Å². The summed E-state index contributed by atoms with van der Waals surface area (Å²) < 4.78 is 1.81. The molecule has 2 aliphatic heterocycles. The van der Waals surface area contributed by atoms with E-state index in [9.17, 15) is 4.79 Å². The van der Waals surface area contributed by atoms with Gasteiger partial charge in [0.2, 0.25) is 0 Å². The minimum Gasteiger partial charge on any atom is -0.311 e. The standard InChI is InChI=1S/C15H24N4O/c1-18-8-3-2-4-12(18)6-9-19-11-17-14-10-16-7-5-13(14)15(19)20/h11-12,16H,2-10H2,1H3. The summed E-state index contributed by atoms with van der Waals surface area (Å²) in [5, 5.41) is 3.26. The number of aromatic nitrogens is 2. The molecule has 0 radical (unpaired) electrons. The molecule has 1 atom stereocenters. The fraction of sp³-hybridized carbons (Fsp3) is 0.733. The Morgan fingerprint density at radius 1 is 1.45 bits per heavy atom. The van der Waals surface area contributed by atoms with Gasteiger partial charge in [-0.3, -0.25) is 9.36 Å². The number of piperidine rings is 1. The van der Waals surface area contributed by atoms with Gasteiger partial charge >= 0.3 is 0 Å². The quantitative estimate of drug-likeness (QED) is 0.886. The van der Waals surface area contributed by atoms with E-state index in [1.54, 1.807) is 6.33 Å². The van der Waals surface area contributed by atoms with Crippen LogP contribution in [0.2, 0.25) is 0 Å². The van der Waals surface area contributed by atoms with Gasteiger partial charge in [-0.2, -0.15) is 0 Å². The van der Waals surface area contributed by atoms with Crippen LogP contribution in [0, 0.1) is 0 Å². The monoisotopic (exact) mass is 276 g/mol. The SMILES string of the molecule is CN1CCCCC1CCn1cnc2c(c1=O)CCNC2. The van der Waals surface area contributed by atoms with E-state index in [-0.39, 0.29) is 5.56 Å². The molecular formula is C15H24N4O. The maximum atomic E-state index is 12.4. The number of nitrogens with one attached hydrogen (secondary N) is 1. The molecule has 0 spiro atoms. The van der Waals surface area contributed by atoms with Crippen LogP contribution in [0.5, 0.6) is 0 Å². The van der Waals surface area contributed by atoms with E-state index in [0.29, 0.717) is 6.04 Å². The highest BCUT2D eigenvalue weighted by Gasteiger charge is 2.20. The molecule has 3 heterocycles. The molecule has 0 saturated carbocycles. The number of rotatable bonds is 3. The maximum absolute atomic E-state index is 12.4. The molecule has 1 N–H and O–H groups in total. The van der Waals surface area contributed by atoms with Crippen LogP contribution < -0.4 is 10.9 Å². The van der Waals surface area contributed by atoms with Gasteiger partial charge in [0.05, 0.1) is 12.0 Å². The summed E-state index contributed by atoms with van der Waals surface area (Å²) in [5.74, 6) is 0. The average Bonchev–Trinajstić information content (AvgIpc) is 2.48. The molecule has 5 heteroatoms. The predicted octanol–water partition coefficient (Wildman–Crippen LogP) is 0.763. The van der Waals surface area contributed by atoms with Crippen LogP contribution in [0.4, 0.5) is 0 Å². The molecule has 20 heavy (non-hydrogen) atoms. The summed E-state index contributed by atoms with van der Waals surface area (Å²) in [6.07, 6.45) is 7.48. The highest BCUT2D eigenvalue weighted by Crippen LogP contribution is 2.18. The van der Waals surface area contributed by atoms with E-state index < -0.39 is 0 Å². The molecule has 1 saturated heterocycles. The smallest absolute Gasteiger partial charge is 0.256 e. The number of nitrogens with zero attached hydrogens (tertiary/aromatic N) is 3. The van der Waals surface area contributed by atoms with Crippen molar-refractivity contribution in [2.45, 2.75) is 51.2 Å². The Labute approximate surface area is 120 Å². The lowest BCUT2D eigenvalue weighted by molar-refractivity contribution is 0.170. The lowest BCUT2D eigenvalue weighted by Gasteiger charge is -2.32. The molecule has 5 nitrogen and oxygen atoms in total. The van der Waals surface area contributed by atoms with Crippen LogP contribution in [-0.2, 0) is 19.5 Å². The lowest BCUT2D eigenvalue weighted by Crippen LogP contribution is -2.38. The summed E-state index contributed by atoms with van der Waals surface area (Å²) in [6.45, 7) is 3.60. The van der Waals surface area contributed by atoms with Gasteiger partial charge in [0.25, 0.3) is 5.56 Å². The molecule has 2 aliphatic rings. The van der Waals surface area contributed by atoms with Crippen molar-refractivity contribution in [2.75, 3.05) is 20.1 Å². The molecule has 1 unspecified atom stereocenters. The molecule has 1 aromatic heterocycles. The Kier molecular flexibility index (Phi) is 4.17. The fourth-order valence-electron chi connectivity index (χ4n) is 3.35. The Morgan fingerprint density at radius 3 is 3.20 bits per heavy atom. The van der Waals surface area contributed by atoms with Crippen LogP contribution in [0.3, 0.4) is 0 Å². The summed E-state index contributed by atoms with van der Waals surface area (Å²) in [7, 11) is 2.20. The van der Waals surface area contributed by atoms with Gasteiger partial charge in [-0.25, -0.2) is 4.98 Å². The first kappa shape index (κ1) is 13.8. The topological polar surface area (TPSA) is 50.2 Å². The van der Waals surface area contributed by atoms with E-state index in [1.165, 1.54) is 25.8 Å². The predicted molar refractivity (Wildman–Crippen MR) is 78.8 cm³/mol. The fourth-order valence-corrected chi connectivity index (χ4v) is 3.35. The van der Waals surface area contributed by atoms with Crippen molar-refractivity contribution < 1.29 is 0 Å². The molecule has 1 fully saturated rings. The number of fused-ring (bicyclic) bond motifs is 1. The second-order valence-corrected chi connectivity index (χ2v) is 6.01. The molecule has 3 rings (SSSR count). The summed E-state index contributed by atoms with van der Waals surface area (Å²) in [6, 6.07) is 0.619. The van der Waals surface area contributed by atoms with Crippen molar-refractivity contribution in [3.05, 3.63) is 27.9 Å². The zero-order chi connectivity index (χ0) is 13.9. The number of hydrogen-bond donors (Lipinski definition) is 1. The first-order chi connectivity index (χ1) is 9.75. The van der Waals surface area contributed by atoms with Crippen LogP contribution in [0.25, 0.3) is 0 Å². The highest BCUT2D eigenvalue weighted by molar-refractivity contribution is 5.19. The Bertz CT molecular complexity index is 525. The maximum Gasteiger partial charge on any atom is 0.256 e. The van der Waals surface area contributed by atoms with E-state index in [1.807, 2.05) is 4.57 Å². The van der Waals surface area contributed by atoms with E-state index in [2.05, 4.69) is 22.2 Å². The molecule has 0 aromatic carbocycles. The van der Waals surface area contributed by atoms with Gasteiger partial charge < -0.3 is 10.2 Å². The second-order valence-electron chi connectivity index (χ2n) is 6.01. The van der Waals surface area contributed by atoms with Crippen LogP contribution in [0.1, 0.15) is 36.9 Å². The van der Waals surface area contributed by atoms with E-state index in [0.717, 1.165) is 43.7 Å². The third-order valence-corrected chi connectivity index (χ3v) is 4.69. The number of likely N-dealkylation sites (tertiary alicyclic amines) is 1. The van der Waals surface area contributed by atoms with Crippen LogP contribution in [0.15, 0.2) is 11.1 Å². The lowest BCUT2D eigenvalue weighted by atomic mass is 10.00. The van der Waals surface area contributed by atoms with Gasteiger partial charge in [-0.1, -0.05) is 6.42 Å². The number of aryl methyl sites for hydroxylation is 1. The van der Waals surface area contributed by atoms with E-state index >= 15 is 0 Å². The molecule has 0 bridgehead atoms. The van der Waals surface area contributed by atoms with Gasteiger partial charge in [0.15, 0.2) is 0 Å². The Balaban J connectivity index is 1.70. The zero-order valence-electron chi connectivity index (χ0n) is 12.3. The van der Waals surface area contributed by atoms with Crippen molar-refractivity contribution in [2.24, 2.45) is 0 Å². The van der Waals surface area contributed by atoms with Crippen LogP contribution in [-0.4, -0.2) is 40.6 Å². The minimum atomic E-state index is 0.176.